The normalized spacial score (nSPS) is 22.1. The van der Waals surface area contributed by atoms with Crippen molar-refractivity contribution in [1.29, 1.82) is 0 Å². The summed E-state index contributed by atoms with van der Waals surface area (Å²) in [4.78, 5) is 0.346. The summed E-state index contributed by atoms with van der Waals surface area (Å²) in [5.74, 6) is 0.432. The number of sulfonamides is 1. The van der Waals surface area contributed by atoms with Gasteiger partial charge in [-0.3, -0.25) is 0 Å². The minimum absolute atomic E-state index is 0.346. The second-order valence-corrected chi connectivity index (χ2v) is 7.37. The fourth-order valence-electron chi connectivity index (χ4n) is 2.29. The highest BCUT2D eigenvalue weighted by molar-refractivity contribution is 7.89. The Kier molecular flexibility index (Phi) is 3.99. The molecular weight excluding hydrogens is 270 g/mol. The van der Waals surface area contributed by atoms with Crippen molar-refractivity contribution in [2.24, 2.45) is 5.92 Å². The van der Waals surface area contributed by atoms with Gasteiger partial charge in [-0.15, -0.1) is 0 Å². The molecule has 1 heterocycles. The third kappa shape index (κ3) is 2.71. The van der Waals surface area contributed by atoms with Crippen molar-refractivity contribution in [3.63, 3.8) is 0 Å². The lowest BCUT2D eigenvalue weighted by atomic mass is 10.0. The van der Waals surface area contributed by atoms with Gasteiger partial charge in [-0.2, -0.15) is 4.31 Å². The second-order valence-electron chi connectivity index (χ2n) is 5.02. The first-order valence-corrected chi connectivity index (χ1v) is 7.99. The van der Waals surface area contributed by atoms with Crippen molar-refractivity contribution >= 4 is 21.6 Å². The Labute approximate surface area is 114 Å². The lowest BCUT2D eigenvalue weighted by Gasteiger charge is -2.30. The van der Waals surface area contributed by atoms with Gasteiger partial charge in [0.25, 0.3) is 0 Å². The molecule has 2 rings (SSSR count). The summed E-state index contributed by atoms with van der Waals surface area (Å²) in [6.45, 7) is 5.15. The molecule has 1 aromatic carbocycles. The maximum atomic E-state index is 12.5. The summed E-state index contributed by atoms with van der Waals surface area (Å²) >= 11 is 5.93. The molecule has 1 aliphatic heterocycles. The van der Waals surface area contributed by atoms with E-state index < -0.39 is 10.0 Å². The Morgan fingerprint density at radius 2 is 2.11 bits per heavy atom. The van der Waals surface area contributed by atoms with Gasteiger partial charge >= 0.3 is 0 Å². The molecule has 0 saturated carbocycles. The predicted molar refractivity (Wildman–Crippen MR) is 73.3 cm³/mol. The lowest BCUT2D eigenvalue weighted by molar-refractivity contribution is 0.281. The van der Waals surface area contributed by atoms with Crippen LogP contribution in [0.5, 0.6) is 0 Å². The van der Waals surface area contributed by atoms with E-state index >= 15 is 0 Å². The van der Waals surface area contributed by atoms with Crippen molar-refractivity contribution in [2.45, 2.75) is 31.6 Å². The van der Waals surface area contributed by atoms with Crippen molar-refractivity contribution < 1.29 is 8.42 Å². The van der Waals surface area contributed by atoms with Crippen LogP contribution >= 0.6 is 11.6 Å². The van der Waals surface area contributed by atoms with Crippen LogP contribution < -0.4 is 0 Å². The number of piperidine rings is 1. The largest absolute Gasteiger partial charge is 0.243 e. The van der Waals surface area contributed by atoms with Crippen LogP contribution in [0.25, 0.3) is 0 Å². The molecule has 1 fully saturated rings. The van der Waals surface area contributed by atoms with Crippen molar-refractivity contribution in [3.8, 4) is 0 Å². The van der Waals surface area contributed by atoms with Gasteiger partial charge in [-0.05, 0) is 49.4 Å². The molecule has 0 aliphatic carbocycles. The molecular formula is C13H18ClNO2S. The first-order valence-electron chi connectivity index (χ1n) is 6.17. The summed E-state index contributed by atoms with van der Waals surface area (Å²) < 4.78 is 26.5. The Morgan fingerprint density at radius 3 is 2.72 bits per heavy atom. The number of halogens is 1. The zero-order valence-corrected chi connectivity index (χ0v) is 12.3. The minimum Gasteiger partial charge on any atom is -0.207 e. The van der Waals surface area contributed by atoms with Crippen LogP contribution in [0.4, 0.5) is 0 Å². The van der Waals surface area contributed by atoms with Crippen LogP contribution in [-0.2, 0) is 10.0 Å². The number of hydrogen-bond donors (Lipinski definition) is 0. The molecule has 18 heavy (non-hydrogen) atoms. The highest BCUT2D eigenvalue weighted by Crippen LogP contribution is 2.25. The highest BCUT2D eigenvalue weighted by Gasteiger charge is 2.28. The molecule has 0 bridgehead atoms. The first-order chi connectivity index (χ1) is 8.41. The van der Waals surface area contributed by atoms with Crippen LogP contribution in [0, 0.1) is 12.8 Å². The van der Waals surface area contributed by atoms with Gasteiger partial charge in [0.05, 0.1) is 4.90 Å². The van der Waals surface area contributed by atoms with E-state index in [9.17, 15) is 8.42 Å². The summed E-state index contributed by atoms with van der Waals surface area (Å²) in [6, 6.07) is 4.89. The number of hydrogen-bond acceptors (Lipinski definition) is 2. The van der Waals surface area contributed by atoms with E-state index in [2.05, 4.69) is 6.92 Å². The Hall–Kier alpha value is -0.580. The van der Waals surface area contributed by atoms with Crippen LogP contribution in [0.1, 0.15) is 25.3 Å². The van der Waals surface area contributed by atoms with Crippen LogP contribution in [0.15, 0.2) is 23.1 Å². The van der Waals surface area contributed by atoms with Gasteiger partial charge in [0, 0.05) is 18.1 Å². The van der Waals surface area contributed by atoms with Crippen molar-refractivity contribution in [1.82, 2.24) is 4.31 Å². The van der Waals surface area contributed by atoms with Gasteiger partial charge in [-0.25, -0.2) is 8.42 Å². The monoisotopic (exact) mass is 287 g/mol. The van der Waals surface area contributed by atoms with Gasteiger partial charge in [0.2, 0.25) is 10.0 Å². The fourth-order valence-corrected chi connectivity index (χ4v) is 4.09. The zero-order valence-electron chi connectivity index (χ0n) is 10.7. The van der Waals surface area contributed by atoms with E-state index in [1.54, 1.807) is 22.5 Å². The number of nitrogens with zero attached hydrogens (tertiary/aromatic N) is 1. The first kappa shape index (κ1) is 13.8. The van der Waals surface area contributed by atoms with Crippen LogP contribution in [0.3, 0.4) is 0 Å². The smallest absolute Gasteiger partial charge is 0.207 e. The molecule has 0 radical (unpaired) electrons. The van der Waals surface area contributed by atoms with E-state index in [0.717, 1.165) is 18.4 Å². The molecule has 1 aliphatic rings. The molecule has 1 saturated heterocycles. The van der Waals surface area contributed by atoms with E-state index in [-0.39, 0.29) is 0 Å². The molecule has 0 spiro atoms. The zero-order chi connectivity index (χ0) is 13.3. The maximum Gasteiger partial charge on any atom is 0.243 e. The standard InChI is InChI=1S/C13H18ClNO2S/c1-10-4-3-7-15(9-10)18(16,17)12-5-6-13(14)11(2)8-12/h5-6,8,10H,3-4,7,9H2,1-2H3/t10-/m1/s1. The molecule has 1 atom stereocenters. The highest BCUT2D eigenvalue weighted by atomic mass is 35.5. The Bertz CT molecular complexity index is 542. The topological polar surface area (TPSA) is 37.4 Å². The van der Waals surface area contributed by atoms with E-state index in [4.69, 9.17) is 11.6 Å². The number of aryl methyl sites for hydroxylation is 1. The van der Waals surface area contributed by atoms with E-state index in [1.165, 1.54) is 0 Å². The quantitative estimate of drug-likeness (QED) is 0.838. The summed E-state index contributed by atoms with van der Waals surface area (Å²) in [5.41, 5.74) is 0.794. The van der Waals surface area contributed by atoms with Gasteiger partial charge in [0.1, 0.15) is 0 Å². The number of rotatable bonds is 2. The predicted octanol–water partition coefficient (Wildman–Crippen LogP) is 3.07. The molecule has 5 heteroatoms. The van der Waals surface area contributed by atoms with Gasteiger partial charge < -0.3 is 0 Å². The summed E-state index contributed by atoms with van der Waals surface area (Å²) in [6.07, 6.45) is 2.04. The average molecular weight is 288 g/mol. The Morgan fingerprint density at radius 1 is 1.39 bits per heavy atom. The van der Waals surface area contributed by atoms with Crippen LogP contribution in [-0.4, -0.2) is 25.8 Å². The molecule has 100 valence electrons. The third-order valence-electron chi connectivity index (χ3n) is 3.39. The molecule has 0 aromatic heterocycles. The summed E-state index contributed by atoms with van der Waals surface area (Å²) in [7, 11) is -3.36. The maximum absolute atomic E-state index is 12.5. The van der Waals surface area contributed by atoms with E-state index in [1.807, 2.05) is 6.92 Å². The summed E-state index contributed by atoms with van der Waals surface area (Å²) in [5, 5.41) is 0.598. The Balaban J connectivity index is 2.32. The van der Waals surface area contributed by atoms with Crippen molar-refractivity contribution in [3.05, 3.63) is 28.8 Å². The average Bonchev–Trinajstić information content (AvgIpc) is 2.32. The molecule has 3 nitrogen and oxygen atoms in total. The second kappa shape index (κ2) is 5.19. The minimum atomic E-state index is -3.36. The molecule has 0 amide bonds. The molecule has 1 aromatic rings. The lowest BCUT2D eigenvalue weighted by Crippen LogP contribution is -2.39. The van der Waals surface area contributed by atoms with Gasteiger partial charge in [0.15, 0.2) is 0 Å². The fraction of sp³-hybridized carbons (Fsp3) is 0.538. The number of benzene rings is 1. The van der Waals surface area contributed by atoms with E-state index in [0.29, 0.717) is 28.9 Å². The third-order valence-corrected chi connectivity index (χ3v) is 5.67. The SMILES string of the molecule is Cc1cc(S(=O)(=O)N2CCC[C@@H](C)C2)ccc1Cl. The van der Waals surface area contributed by atoms with Crippen LogP contribution in [0.2, 0.25) is 5.02 Å². The van der Waals surface area contributed by atoms with Gasteiger partial charge in [-0.1, -0.05) is 18.5 Å². The van der Waals surface area contributed by atoms with Crippen molar-refractivity contribution in [2.75, 3.05) is 13.1 Å². The molecule has 0 N–H and O–H groups in total. The molecule has 0 unspecified atom stereocenters.